The summed E-state index contributed by atoms with van der Waals surface area (Å²) >= 11 is 1.54. The molecule has 0 spiro atoms. The lowest BCUT2D eigenvalue weighted by atomic mass is 10.0. The number of aryl methyl sites for hydroxylation is 1. The van der Waals surface area contributed by atoms with E-state index in [4.69, 9.17) is 0 Å². The van der Waals surface area contributed by atoms with Crippen LogP contribution in [0.3, 0.4) is 0 Å². The Morgan fingerprint density at radius 2 is 2.08 bits per heavy atom. The molecule has 1 N–H and O–H groups in total. The van der Waals surface area contributed by atoms with Crippen molar-refractivity contribution in [1.29, 1.82) is 0 Å². The van der Waals surface area contributed by atoms with Gasteiger partial charge in [-0.1, -0.05) is 33.6 Å². The summed E-state index contributed by atoms with van der Waals surface area (Å²) < 4.78 is 1.39. The van der Waals surface area contributed by atoms with Crippen LogP contribution in [0.25, 0.3) is 10.2 Å². The molecule has 0 aromatic carbocycles. The molecule has 2 rings (SSSR count). The second-order valence-corrected chi connectivity index (χ2v) is 7.87. The Hall–Kier alpha value is -1.69. The zero-order valence-corrected chi connectivity index (χ0v) is 15.8. The SMILES string of the molecule is CCc1cc2c(=O)n(CC(=O)N[C@@H](C)CCCC(C)C)cnc2s1. The molecule has 0 aliphatic rings. The Kier molecular flexibility index (Phi) is 6.54. The first-order valence-electron chi connectivity index (χ1n) is 8.68. The molecular weight excluding hydrogens is 322 g/mol. The fourth-order valence-electron chi connectivity index (χ4n) is 2.68. The molecule has 24 heavy (non-hydrogen) atoms. The highest BCUT2D eigenvalue weighted by Gasteiger charge is 2.12. The van der Waals surface area contributed by atoms with Crippen molar-refractivity contribution in [3.8, 4) is 0 Å². The Balaban J connectivity index is 1.97. The first-order chi connectivity index (χ1) is 11.4. The van der Waals surface area contributed by atoms with Crippen LogP contribution >= 0.6 is 11.3 Å². The van der Waals surface area contributed by atoms with Gasteiger partial charge < -0.3 is 5.32 Å². The predicted molar refractivity (Wildman–Crippen MR) is 99.6 cm³/mol. The van der Waals surface area contributed by atoms with E-state index < -0.39 is 0 Å². The van der Waals surface area contributed by atoms with Crippen molar-refractivity contribution in [3.05, 3.63) is 27.6 Å². The van der Waals surface area contributed by atoms with Crippen LogP contribution in [0.15, 0.2) is 17.2 Å². The lowest BCUT2D eigenvalue weighted by molar-refractivity contribution is -0.122. The van der Waals surface area contributed by atoms with Gasteiger partial charge in [-0.05, 0) is 31.7 Å². The van der Waals surface area contributed by atoms with Crippen LogP contribution in [0.2, 0.25) is 0 Å². The number of hydrogen-bond acceptors (Lipinski definition) is 4. The molecule has 0 saturated carbocycles. The Morgan fingerprint density at radius 1 is 1.33 bits per heavy atom. The van der Waals surface area contributed by atoms with Gasteiger partial charge in [-0.3, -0.25) is 14.2 Å². The van der Waals surface area contributed by atoms with E-state index in [1.54, 1.807) is 0 Å². The molecule has 1 atom stereocenters. The quantitative estimate of drug-likeness (QED) is 0.795. The van der Waals surface area contributed by atoms with Crippen molar-refractivity contribution >= 4 is 27.5 Å². The van der Waals surface area contributed by atoms with Crippen LogP contribution in [-0.4, -0.2) is 21.5 Å². The summed E-state index contributed by atoms with van der Waals surface area (Å²) in [6.45, 7) is 8.49. The molecule has 0 aliphatic heterocycles. The van der Waals surface area contributed by atoms with Gasteiger partial charge in [0.05, 0.1) is 11.7 Å². The standard InChI is InChI=1S/C18H27N3O2S/c1-5-14-9-15-17(24-14)19-11-21(18(15)23)10-16(22)20-13(4)8-6-7-12(2)3/h9,11-13H,5-8,10H2,1-4H3,(H,20,22)/t13-/m0/s1. The Bertz CT molecular complexity index is 748. The van der Waals surface area contributed by atoms with Gasteiger partial charge in [0.1, 0.15) is 11.4 Å². The average molecular weight is 350 g/mol. The molecular formula is C18H27N3O2S. The van der Waals surface area contributed by atoms with E-state index in [1.165, 1.54) is 22.2 Å². The van der Waals surface area contributed by atoms with Crippen LogP contribution in [0, 0.1) is 5.92 Å². The van der Waals surface area contributed by atoms with Crippen molar-refractivity contribution in [3.63, 3.8) is 0 Å². The van der Waals surface area contributed by atoms with E-state index in [0.29, 0.717) is 11.3 Å². The van der Waals surface area contributed by atoms with E-state index in [2.05, 4.69) is 31.1 Å². The monoisotopic (exact) mass is 349 g/mol. The lowest BCUT2D eigenvalue weighted by Gasteiger charge is -2.15. The normalized spacial score (nSPS) is 12.7. The van der Waals surface area contributed by atoms with Gasteiger partial charge in [-0.2, -0.15) is 0 Å². The first-order valence-corrected chi connectivity index (χ1v) is 9.49. The second-order valence-electron chi connectivity index (χ2n) is 6.76. The number of nitrogens with zero attached hydrogens (tertiary/aromatic N) is 2. The molecule has 2 heterocycles. The van der Waals surface area contributed by atoms with E-state index in [1.807, 2.05) is 13.0 Å². The molecule has 0 aliphatic carbocycles. The lowest BCUT2D eigenvalue weighted by Crippen LogP contribution is -2.37. The Morgan fingerprint density at radius 3 is 2.75 bits per heavy atom. The number of nitrogens with one attached hydrogen (secondary N) is 1. The number of carbonyl (C=O) groups excluding carboxylic acids is 1. The minimum Gasteiger partial charge on any atom is -0.352 e. The molecule has 132 valence electrons. The fourth-order valence-corrected chi connectivity index (χ4v) is 3.60. The third-order valence-electron chi connectivity index (χ3n) is 4.06. The van der Waals surface area contributed by atoms with Crippen molar-refractivity contribution in [2.24, 2.45) is 5.92 Å². The maximum atomic E-state index is 12.5. The number of carbonyl (C=O) groups is 1. The van der Waals surface area contributed by atoms with Gasteiger partial charge in [0.25, 0.3) is 5.56 Å². The van der Waals surface area contributed by atoms with Crippen LogP contribution in [0.4, 0.5) is 0 Å². The van der Waals surface area contributed by atoms with Crippen molar-refractivity contribution in [2.45, 2.75) is 66.0 Å². The van der Waals surface area contributed by atoms with Crippen LogP contribution in [0.5, 0.6) is 0 Å². The number of amides is 1. The summed E-state index contributed by atoms with van der Waals surface area (Å²) in [6.07, 6.45) is 5.58. The zero-order chi connectivity index (χ0) is 17.7. The third-order valence-corrected chi connectivity index (χ3v) is 5.24. The number of aromatic nitrogens is 2. The highest BCUT2D eigenvalue weighted by atomic mass is 32.1. The largest absolute Gasteiger partial charge is 0.352 e. The van der Waals surface area contributed by atoms with Gasteiger partial charge in [0.15, 0.2) is 0 Å². The number of rotatable bonds is 8. The van der Waals surface area contributed by atoms with E-state index in [0.717, 1.165) is 35.4 Å². The maximum Gasteiger partial charge on any atom is 0.262 e. The summed E-state index contributed by atoms with van der Waals surface area (Å²) in [7, 11) is 0. The highest BCUT2D eigenvalue weighted by molar-refractivity contribution is 7.18. The van der Waals surface area contributed by atoms with Crippen molar-refractivity contribution in [2.75, 3.05) is 0 Å². The van der Waals surface area contributed by atoms with E-state index in [-0.39, 0.29) is 24.1 Å². The fraction of sp³-hybridized carbons (Fsp3) is 0.611. The number of fused-ring (bicyclic) bond motifs is 1. The van der Waals surface area contributed by atoms with Crippen molar-refractivity contribution < 1.29 is 4.79 Å². The minimum atomic E-state index is -0.140. The summed E-state index contributed by atoms with van der Waals surface area (Å²) in [6, 6.07) is 2.01. The molecule has 0 unspecified atom stereocenters. The van der Waals surface area contributed by atoms with Crippen LogP contribution in [0.1, 0.15) is 51.8 Å². The molecule has 2 aromatic heterocycles. The molecule has 6 heteroatoms. The van der Waals surface area contributed by atoms with Gasteiger partial charge >= 0.3 is 0 Å². The molecule has 1 amide bonds. The first kappa shape index (κ1) is 18.6. The zero-order valence-electron chi connectivity index (χ0n) is 15.0. The summed E-state index contributed by atoms with van der Waals surface area (Å²) in [5.41, 5.74) is -0.140. The van der Waals surface area contributed by atoms with Crippen molar-refractivity contribution in [1.82, 2.24) is 14.9 Å². The van der Waals surface area contributed by atoms with Gasteiger partial charge in [-0.15, -0.1) is 11.3 Å². The average Bonchev–Trinajstić information content (AvgIpc) is 2.94. The van der Waals surface area contributed by atoms with Gasteiger partial charge in [0, 0.05) is 10.9 Å². The second kappa shape index (κ2) is 8.42. The van der Waals surface area contributed by atoms with Crippen LogP contribution in [-0.2, 0) is 17.8 Å². The predicted octanol–water partition coefficient (Wildman–Crippen LogP) is 3.35. The topological polar surface area (TPSA) is 64.0 Å². The van der Waals surface area contributed by atoms with Crippen LogP contribution < -0.4 is 10.9 Å². The number of thiophene rings is 1. The molecule has 0 radical (unpaired) electrons. The Labute approximate surface area is 147 Å². The summed E-state index contributed by atoms with van der Waals surface area (Å²) in [5, 5.41) is 3.58. The summed E-state index contributed by atoms with van der Waals surface area (Å²) in [4.78, 5) is 30.8. The highest BCUT2D eigenvalue weighted by Crippen LogP contribution is 2.20. The molecule has 0 fully saturated rings. The van der Waals surface area contributed by atoms with Gasteiger partial charge in [0.2, 0.25) is 5.91 Å². The molecule has 2 aromatic rings. The molecule has 5 nitrogen and oxygen atoms in total. The molecule has 0 bridgehead atoms. The maximum absolute atomic E-state index is 12.5. The third kappa shape index (κ3) is 4.90. The number of hydrogen-bond donors (Lipinski definition) is 1. The molecule has 0 saturated heterocycles. The van der Waals surface area contributed by atoms with E-state index in [9.17, 15) is 9.59 Å². The minimum absolute atomic E-state index is 0.0214. The van der Waals surface area contributed by atoms with E-state index >= 15 is 0 Å². The summed E-state index contributed by atoms with van der Waals surface area (Å²) in [5.74, 6) is 0.546. The smallest absolute Gasteiger partial charge is 0.262 e. The van der Waals surface area contributed by atoms with Gasteiger partial charge in [-0.25, -0.2) is 4.98 Å².